The minimum Gasteiger partial charge on any atom is -0.491 e. The number of rotatable bonds is 6. The average molecular weight is 436 g/mol. The second kappa shape index (κ2) is 9.27. The maximum absolute atomic E-state index is 12.4. The first-order valence-corrected chi connectivity index (χ1v) is 8.84. The lowest BCUT2D eigenvalue weighted by molar-refractivity contribution is -0.112. The molecule has 0 atom stereocenters. The third-order valence-corrected chi connectivity index (χ3v) is 4.07. The van der Waals surface area contributed by atoms with Crippen molar-refractivity contribution in [2.75, 3.05) is 19.0 Å². The van der Waals surface area contributed by atoms with E-state index in [4.69, 9.17) is 21.1 Å². The molecular weight excluding hydrogens is 420 g/mol. The zero-order valence-electron chi connectivity index (χ0n) is 14.2. The van der Waals surface area contributed by atoms with Crippen molar-refractivity contribution in [3.63, 3.8) is 0 Å². The first-order valence-electron chi connectivity index (χ1n) is 7.67. The van der Waals surface area contributed by atoms with E-state index >= 15 is 0 Å². The second-order valence-electron chi connectivity index (χ2n) is 5.10. The number of nitrogens with one attached hydrogen (secondary N) is 1. The largest absolute Gasteiger partial charge is 0.491 e. The number of amides is 1. The summed E-state index contributed by atoms with van der Waals surface area (Å²) in [6.07, 6.45) is 1.45. The van der Waals surface area contributed by atoms with E-state index in [9.17, 15) is 10.1 Å². The summed E-state index contributed by atoms with van der Waals surface area (Å²) in [5.74, 6) is 0.330. The van der Waals surface area contributed by atoms with E-state index in [1.165, 1.54) is 13.2 Å². The molecule has 1 amide bonds. The normalized spacial score (nSPS) is 10.8. The molecule has 0 aliphatic heterocycles. The number of halogens is 2. The Balaban J connectivity index is 2.33. The van der Waals surface area contributed by atoms with Gasteiger partial charge in [0.2, 0.25) is 0 Å². The minimum absolute atomic E-state index is 0.0614. The van der Waals surface area contributed by atoms with E-state index < -0.39 is 5.91 Å². The number of hydrogen-bond acceptors (Lipinski definition) is 4. The maximum atomic E-state index is 12.4. The molecule has 0 aromatic heterocycles. The van der Waals surface area contributed by atoms with Crippen molar-refractivity contribution < 1.29 is 14.3 Å². The summed E-state index contributed by atoms with van der Waals surface area (Å²) < 4.78 is 11.6. The number of benzene rings is 2. The van der Waals surface area contributed by atoms with Gasteiger partial charge < -0.3 is 14.8 Å². The summed E-state index contributed by atoms with van der Waals surface area (Å²) in [7, 11) is 1.49. The quantitative estimate of drug-likeness (QED) is 0.509. The highest BCUT2D eigenvalue weighted by Crippen LogP contribution is 2.37. The highest BCUT2D eigenvalue weighted by Gasteiger charge is 2.14. The molecule has 2 rings (SSSR count). The van der Waals surface area contributed by atoms with Crippen molar-refractivity contribution in [2.24, 2.45) is 0 Å². The average Bonchev–Trinajstić information content (AvgIpc) is 2.59. The van der Waals surface area contributed by atoms with Gasteiger partial charge in [-0.2, -0.15) is 5.26 Å². The number of hydrogen-bond donors (Lipinski definition) is 1. The van der Waals surface area contributed by atoms with Crippen LogP contribution >= 0.6 is 27.5 Å². The van der Waals surface area contributed by atoms with Gasteiger partial charge in [0.1, 0.15) is 11.6 Å². The van der Waals surface area contributed by atoms with Crippen LogP contribution < -0.4 is 14.8 Å². The summed E-state index contributed by atoms with van der Waals surface area (Å²) in [6, 6.07) is 12.3. The van der Waals surface area contributed by atoms with Gasteiger partial charge in [-0.1, -0.05) is 33.6 Å². The first kappa shape index (κ1) is 19.8. The molecule has 26 heavy (non-hydrogen) atoms. The monoisotopic (exact) mass is 434 g/mol. The SMILES string of the molecule is CCOc1cc(/C=C(/C#N)C(=O)Nc2cccc(Br)c2)cc(Cl)c1OC. The van der Waals surface area contributed by atoms with Crippen molar-refractivity contribution in [1.29, 1.82) is 5.26 Å². The van der Waals surface area contributed by atoms with Crippen molar-refractivity contribution in [2.45, 2.75) is 6.92 Å². The Labute approximate surface area is 165 Å². The molecule has 0 radical (unpaired) electrons. The zero-order chi connectivity index (χ0) is 19.1. The molecule has 7 heteroatoms. The molecular formula is C19H16BrClN2O3. The van der Waals surface area contributed by atoms with Gasteiger partial charge in [-0.15, -0.1) is 0 Å². The highest BCUT2D eigenvalue weighted by molar-refractivity contribution is 9.10. The fourth-order valence-electron chi connectivity index (χ4n) is 2.21. The van der Waals surface area contributed by atoms with Gasteiger partial charge in [-0.25, -0.2) is 0 Å². The summed E-state index contributed by atoms with van der Waals surface area (Å²) in [4.78, 5) is 12.4. The summed E-state index contributed by atoms with van der Waals surface area (Å²) in [6.45, 7) is 2.26. The number of ether oxygens (including phenoxy) is 2. The van der Waals surface area contributed by atoms with Crippen LogP contribution in [0.25, 0.3) is 6.08 Å². The molecule has 0 aliphatic carbocycles. The Morgan fingerprint density at radius 3 is 2.77 bits per heavy atom. The van der Waals surface area contributed by atoms with Gasteiger partial charge in [-0.3, -0.25) is 4.79 Å². The predicted octanol–water partition coefficient (Wildman–Crippen LogP) is 5.06. The van der Waals surface area contributed by atoms with E-state index in [0.29, 0.717) is 34.4 Å². The Morgan fingerprint density at radius 2 is 2.15 bits per heavy atom. The zero-order valence-corrected chi connectivity index (χ0v) is 16.5. The second-order valence-corrected chi connectivity index (χ2v) is 6.42. The van der Waals surface area contributed by atoms with Gasteiger partial charge in [0, 0.05) is 10.2 Å². The number of nitrogens with zero attached hydrogens (tertiary/aromatic N) is 1. The fourth-order valence-corrected chi connectivity index (χ4v) is 2.91. The van der Waals surface area contributed by atoms with Gasteiger partial charge in [-0.05, 0) is 48.9 Å². The molecule has 5 nitrogen and oxygen atoms in total. The Bertz CT molecular complexity index is 891. The molecule has 0 unspecified atom stereocenters. The topological polar surface area (TPSA) is 71.3 Å². The number of methoxy groups -OCH3 is 1. The summed E-state index contributed by atoms with van der Waals surface area (Å²) in [5.41, 5.74) is 1.07. The molecule has 0 saturated carbocycles. The third kappa shape index (κ3) is 5.01. The molecule has 0 bridgehead atoms. The van der Waals surface area contributed by atoms with Crippen LogP contribution in [0, 0.1) is 11.3 Å². The molecule has 1 N–H and O–H groups in total. The smallest absolute Gasteiger partial charge is 0.266 e. The van der Waals surface area contributed by atoms with Crippen LogP contribution in [0.5, 0.6) is 11.5 Å². The number of nitriles is 1. The molecule has 0 heterocycles. The van der Waals surface area contributed by atoms with Gasteiger partial charge in [0.05, 0.1) is 18.7 Å². The summed E-state index contributed by atoms with van der Waals surface area (Å²) >= 11 is 9.53. The van der Waals surface area contributed by atoms with E-state index in [1.807, 2.05) is 19.1 Å². The lowest BCUT2D eigenvalue weighted by atomic mass is 10.1. The molecule has 0 aliphatic rings. The van der Waals surface area contributed by atoms with Crippen molar-refractivity contribution in [1.82, 2.24) is 0 Å². The minimum atomic E-state index is -0.518. The molecule has 2 aromatic carbocycles. The van der Waals surface area contributed by atoms with E-state index in [-0.39, 0.29) is 5.57 Å². The first-order chi connectivity index (χ1) is 12.5. The highest BCUT2D eigenvalue weighted by atomic mass is 79.9. The van der Waals surface area contributed by atoms with Crippen LogP contribution in [0.15, 0.2) is 46.4 Å². The van der Waals surface area contributed by atoms with Crippen LogP contribution in [0.4, 0.5) is 5.69 Å². The Morgan fingerprint density at radius 1 is 1.38 bits per heavy atom. The lowest BCUT2D eigenvalue weighted by Crippen LogP contribution is -2.13. The lowest BCUT2D eigenvalue weighted by Gasteiger charge is -2.12. The van der Waals surface area contributed by atoms with Gasteiger partial charge in [0.25, 0.3) is 5.91 Å². The van der Waals surface area contributed by atoms with Crippen molar-refractivity contribution in [3.8, 4) is 17.6 Å². The molecule has 0 fully saturated rings. The maximum Gasteiger partial charge on any atom is 0.266 e. The predicted molar refractivity (Wildman–Crippen MR) is 106 cm³/mol. The van der Waals surface area contributed by atoms with Crippen molar-refractivity contribution in [3.05, 3.63) is 57.0 Å². The number of carbonyl (C=O) groups is 1. The van der Waals surface area contributed by atoms with Crippen LogP contribution in [0.1, 0.15) is 12.5 Å². The Hall–Kier alpha value is -2.49. The van der Waals surface area contributed by atoms with Gasteiger partial charge >= 0.3 is 0 Å². The molecule has 0 spiro atoms. The molecule has 134 valence electrons. The fraction of sp³-hybridized carbons (Fsp3) is 0.158. The Kier molecular flexibility index (Phi) is 7.07. The summed E-state index contributed by atoms with van der Waals surface area (Å²) in [5, 5.41) is 12.4. The molecule has 0 saturated heterocycles. The molecule has 2 aromatic rings. The van der Waals surface area contributed by atoms with Crippen LogP contribution in [0.3, 0.4) is 0 Å². The standard InChI is InChI=1S/C19H16BrClN2O3/c1-3-26-17-9-12(8-16(21)18(17)25-2)7-13(11-22)19(24)23-15-6-4-5-14(20)10-15/h4-10H,3H2,1-2H3,(H,23,24)/b13-7-. The van der Waals surface area contributed by atoms with E-state index in [0.717, 1.165) is 4.47 Å². The van der Waals surface area contributed by atoms with Crippen LogP contribution in [-0.2, 0) is 4.79 Å². The van der Waals surface area contributed by atoms with E-state index in [1.54, 1.807) is 30.3 Å². The van der Waals surface area contributed by atoms with Crippen LogP contribution in [0.2, 0.25) is 5.02 Å². The van der Waals surface area contributed by atoms with Crippen LogP contribution in [-0.4, -0.2) is 19.6 Å². The van der Waals surface area contributed by atoms with Gasteiger partial charge in [0.15, 0.2) is 11.5 Å². The van der Waals surface area contributed by atoms with Crippen molar-refractivity contribution >= 4 is 45.2 Å². The number of anilines is 1. The number of carbonyl (C=O) groups excluding carboxylic acids is 1. The third-order valence-electron chi connectivity index (χ3n) is 3.29. The van der Waals surface area contributed by atoms with E-state index in [2.05, 4.69) is 21.2 Å².